The number of nitrogens with one attached hydrogen (secondary N) is 1. The number of carbonyl (C=O) groups excluding carboxylic acids is 1. The molecule has 0 aliphatic carbocycles. The van der Waals surface area contributed by atoms with Crippen molar-refractivity contribution in [1.82, 2.24) is 10.2 Å². The molecule has 3 rings (SSSR count). The fourth-order valence-electron chi connectivity index (χ4n) is 3.26. The summed E-state index contributed by atoms with van der Waals surface area (Å²) in [5.74, 6) is 0.920. The molecular weight excluding hydrogens is 264 g/mol. The van der Waals surface area contributed by atoms with Gasteiger partial charge in [-0.25, -0.2) is 0 Å². The van der Waals surface area contributed by atoms with Gasteiger partial charge in [0.1, 0.15) is 5.75 Å². The summed E-state index contributed by atoms with van der Waals surface area (Å²) in [4.78, 5) is 14.3. The summed E-state index contributed by atoms with van der Waals surface area (Å²) in [5, 5.41) is 3.59. The molecule has 1 aromatic carbocycles. The van der Waals surface area contributed by atoms with E-state index in [0.29, 0.717) is 12.1 Å². The van der Waals surface area contributed by atoms with Crippen LogP contribution in [0, 0.1) is 13.8 Å². The fourth-order valence-corrected chi connectivity index (χ4v) is 3.26. The van der Waals surface area contributed by atoms with Crippen LogP contribution in [0.5, 0.6) is 5.75 Å². The van der Waals surface area contributed by atoms with E-state index in [1.807, 2.05) is 30.9 Å². The average Bonchev–Trinajstić information content (AvgIpc) is 2.79. The van der Waals surface area contributed by atoms with Gasteiger partial charge in [0, 0.05) is 25.2 Å². The Bertz CT molecular complexity index is 530. The summed E-state index contributed by atoms with van der Waals surface area (Å²) in [5.41, 5.74) is 2.23. The standard InChI is InChI=1S/C17H24N2O2/c1-12-3-4-13(2)16(9-12)21-11-17(20)19-8-7-14-5-6-15(10-19)18-14/h3-4,9,14-15,18H,5-8,10-11H2,1-2H3. The van der Waals surface area contributed by atoms with E-state index in [4.69, 9.17) is 4.74 Å². The van der Waals surface area contributed by atoms with Crippen molar-refractivity contribution in [3.63, 3.8) is 0 Å². The molecule has 0 radical (unpaired) electrons. The summed E-state index contributed by atoms with van der Waals surface area (Å²) in [7, 11) is 0. The quantitative estimate of drug-likeness (QED) is 0.925. The number of likely N-dealkylation sites (tertiary alicyclic amines) is 1. The monoisotopic (exact) mass is 288 g/mol. The Morgan fingerprint density at radius 1 is 1.29 bits per heavy atom. The third-order valence-corrected chi connectivity index (χ3v) is 4.57. The molecule has 0 spiro atoms. The molecule has 4 nitrogen and oxygen atoms in total. The van der Waals surface area contributed by atoms with E-state index in [1.165, 1.54) is 12.8 Å². The highest BCUT2D eigenvalue weighted by Crippen LogP contribution is 2.21. The van der Waals surface area contributed by atoms with Crippen LogP contribution in [0.15, 0.2) is 18.2 Å². The highest BCUT2D eigenvalue weighted by molar-refractivity contribution is 5.78. The van der Waals surface area contributed by atoms with Gasteiger partial charge in [0.15, 0.2) is 6.61 Å². The molecule has 114 valence electrons. The number of nitrogens with zero attached hydrogens (tertiary/aromatic N) is 1. The topological polar surface area (TPSA) is 41.6 Å². The lowest BCUT2D eigenvalue weighted by atomic mass is 10.1. The summed E-state index contributed by atoms with van der Waals surface area (Å²) < 4.78 is 5.74. The number of rotatable bonds is 3. The third kappa shape index (κ3) is 3.38. The minimum atomic E-state index is 0.102. The zero-order valence-electron chi connectivity index (χ0n) is 12.9. The van der Waals surface area contributed by atoms with Gasteiger partial charge in [-0.2, -0.15) is 0 Å². The highest BCUT2D eigenvalue weighted by Gasteiger charge is 2.31. The molecule has 1 N–H and O–H groups in total. The Morgan fingerprint density at radius 2 is 2.10 bits per heavy atom. The summed E-state index contributed by atoms with van der Waals surface area (Å²) in [6.45, 7) is 5.86. The number of fused-ring (bicyclic) bond motifs is 2. The van der Waals surface area contributed by atoms with Gasteiger partial charge in [-0.1, -0.05) is 12.1 Å². The highest BCUT2D eigenvalue weighted by atomic mass is 16.5. The van der Waals surface area contributed by atoms with Crippen molar-refractivity contribution in [3.05, 3.63) is 29.3 Å². The summed E-state index contributed by atoms with van der Waals surface area (Å²) in [6.07, 6.45) is 3.50. The Kier molecular flexibility index (Phi) is 4.15. The first-order valence-corrected chi connectivity index (χ1v) is 7.85. The van der Waals surface area contributed by atoms with Crippen LogP contribution in [0.25, 0.3) is 0 Å². The predicted octanol–water partition coefficient (Wildman–Crippen LogP) is 2.04. The zero-order chi connectivity index (χ0) is 14.8. The molecule has 2 aliphatic heterocycles. The van der Waals surface area contributed by atoms with Gasteiger partial charge in [-0.15, -0.1) is 0 Å². The van der Waals surface area contributed by atoms with Gasteiger partial charge in [0.2, 0.25) is 0 Å². The molecule has 2 unspecified atom stereocenters. The molecule has 2 fully saturated rings. The molecule has 4 heteroatoms. The van der Waals surface area contributed by atoms with Crippen LogP contribution in [0.4, 0.5) is 0 Å². The molecule has 0 saturated carbocycles. The fraction of sp³-hybridized carbons (Fsp3) is 0.588. The van der Waals surface area contributed by atoms with Gasteiger partial charge >= 0.3 is 0 Å². The van der Waals surface area contributed by atoms with Crippen LogP contribution in [-0.4, -0.2) is 42.6 Å². The smallest absolute Gasteiger partial charge is 0.260 e. The molecule has 0 aromatic heterocycles. The first kappa shape index (κ1) is 14.4. The number of ether oxygens (including phenoxy) is 1. The number of hydrogen-bond donors (Lipinski definition) is 1. The van der Waals surface area contributed by atoms with Crippen LogP contribution < -0.4 is 10.1 Å². The Morgan fingerprint density at radius 3 is 2.95 bits per heavy atom. The summed E-state index contributed by atoms with van der Waals surface area (Å²) in [6, 6.07) is 7.16. The molecule has 1 aromatic rings. The van der Waals surface area contributed by atoms with E-state index in [2.05, 4.69) is 11.4 Å². The lowest BCUT2D eigenvalue weighted by Gasteiger charge is -2.24. The van der Waals surface area contributed by atoms with Crippen LogP contribution in [0.2, 0.25) is 0 Å². The molecular formula is C17H24N2O2. The van der Waals surface area contributed by atoms with Crippen molar-refractivity contribution >= 4 is 5.91 Å². The van der Waals surface area contributed by atoms with Crippen molar-refractivity contribution in [3.8, 4) is 5.75 Å². The number of aryl methyl sites for hydroxylation is 2. The maximum Gasteiger partial charge on any atom is 0.260 e. The second-order valence-corrected chi connectivity index (χ2v) is 6.32. The van der Waals surface area contributed by atoms with Crippen molar-refractivity contribution < 1.29 is 9.53 Å². The van der Waals surface area contributed by atoms with Gasteiger partial charge in [0.25, 0.3) is 5.91 Å². The average molecular weight is 288 g/mol. The van der Waals surface area contributed by atoms with Gasteiger partial charge < -0.3 is 15.0 Å². The van der Waals surface area contributed by atoms with E-state index in [0.717, 1.165) is 36.4 Å². The first-order chi connectivity index (χ1) is 10.1. The maximum absolute atomic E-state index is 12.4. The summed E-state index contributed by atoms with van der Waals surface area (Å²) >= 11 is 0. The number of amides is 1. The van der Waals surface area contributed by atoms with Gasteiger partial charge in [0.05, 0.1) is 0 Å². The van der Waals surface area contributed by atoms with E-state index < -0.39 is 0 Å². The SMILES string of the molecule is Cc1ccc(C)c(OCC(=O)N2CCC3CCC(C2)N3)c1. The van der Waals surface area contributed by atoms with E-state index in [-0.39, 0.29) is 12.5 Å². The van der Waals surface area contributed by atoms with Crippen molar-refractivity contribution in [2.75, 3.05) is 19.7 Å². The van der Waals surface area contributed by atoms with Gasteiger partial charge in [-0.3, -0.25) is 4.79 Å². The molecule has 2 atom stereocenters. The third-order valence-electron chi connectivity index (χ3n) is 4.57. The largest absolute Gasteiger partial charge is 0.483 e. The van der Waals surface area contributed by atoms with Crippen molar-refractivity contribution in [2.24, 2.45) is 0 Å². The maximum atomic E-state index is 12.4. The van der Waals surface area contributed by atoms with E-state index in [1.54, 1.807) is 0 Å². The number of carbonyl (C=O) groups is 1. The molecule has 2 heterocycles. The molecule has 2 saturated heterocycles. The van der Waals surface area contributed by atoms with Crippen LogP contribution in [-0.2, 0) is 4.79 Å². The minimum absolute atomic E-state index is 0.102. The molecule has 2 aliphatic rings. The molecule has 2 bridgehead atoms. The van der Waals surface area contributed by atoms with Crippen molar-refractivity contribution in [1.29, 1.82) is 0 Å². The van der Waals surface area contributed by atoms with E-state index in [9.17, 15) is 4.79 Å². The van der Waals surface area contributed by atoms with Gasteiger partial charge in [-0.05, 0) is 50.3 Å². The first-order valence-electron chi connectivity index (χ1n) is 7.85. The molecule has 21 heavy (non-hydrogen) atoms. The Labute approximate surface area is 126 Å². The Balaban J connectivity index is 1.57. The normalized spacial score (nSPS) is 24.8. The lowest BCUT2D eigenvalue weighted by Crippen LogP contribution is -2.41. The van der Waals surface area contributed by atoms with Crippen LogP contribution >= 0.6 is 0 Å². The molecule has 1 amide bonds. The van der Waals surface area contributed by atoms with Crippen molar-refractivity contribution in [2.45, 2.75) is 45.2 Å². The second-order valence-electron chi connectivity index (χ2n) is 6.32. The second kappa shape index (κ2) is 6.06. The minimum Gasteiger partial charge on any atom is -0.483 e. The van der Waals surface area contributed by atoms with Crippen LogP contribution in [0.1, 0.15) is 30.4 Å². The predicted molar refractivity (Wildman–Crippen MR) is 82.6 cm³/mol. The van der Waals surface area contributed by atoms with E-state index >= 15 is 0 Å². The zero-order valence-corrected chi connectivity index (χ0v) is 12.9. The Hall–Kier alpha value is -1.55. The lowest BCUT2D eigenvalue weighted by molar-refractivity contribution is -0.133. The number of hydrogen-bond acceptors (Lipinski definition) is 3. The number of benzene rings is 1. The van der Waals surface area contributed by atoms with Crippen LogP contribution in [0.3, 0.4) is 0 Å².